The summed E-state index contributed by atoms with van der Waals surface area (Å²) in [5.41, 5.74) is -0.744. The Labute approximate surface area is 126 Å². The van der Waals surface area contributed by atoms with Crippen molar-refractivity contribution in [2.45, 2.75) is 32.5 Å². The van der Waals surface area contributed by atoms with Gasteiger partial charge in [0.05, 0.1) is 16.3 Å². The maximum Gasteiger partial charge on any atom is 0.418 e. The van der Waals surface area contributed by atoms with Crippen molar-refractivity contribution < 1.29 is 13.2 Å². The highest BCUT2D eigenvalue weighted by Crippen LogP contribution is 2.42. The molecule has 1 aromatic carbocycles. The minimum Gasteiger partial charge on any atom is -0.379 e. The molecular weight excluding hydrogens is 307 g/mol. The second-order valence-corrected chi connectivity index (χ2v) is 7.23. The quantitative estimate of drug-likeness (QED) is 0.792. The number of halogens is 4. The Morgan fingerprint density at radius 3 is 2.65 bits per heavy atom. The molecule has 2 rings (SSSR count). The number of anilines is 1. The van der Waals surface area contributed by atoms with Crippen molar-refractivity contribution in [2.24, 2.45) is 5.41 Å². The molecular formula is C14H17ClF3NS. The monoisotopic (exact) mass is 323 g/mol. The van der Waals surface area contributed by atoms with Gasteiger partial charge in [0.15, 0.2) is 0 Å². The smallest absolute Gasteiger partial charge is 0.379 e. The van der Waals surface area contributed by atoms with Gasteiger partial charge in [0.2, 0.25) is 0 Å². The molecule has 0 aromatic heterocycles. The van der Waals surface area contributed by atoms with E-state index in [4.69, 9.17) is 11.6 Å². The first-order valence-electron chi connectivity index (χ1n) is 6.42. The van der Waals surface area contributed by atoms with Crippen molar-refractivity contribution in [3.8, 4) is 0 Å². The third kappa shape index (κ3) is 3.37. The Balaban J connectivity index is 2.33. The largest absolute Gasteiger partial charge is 0.418 e. The highest BCUT2D eigenvalue weighted by atomic mass is 35.5. The van der Waals surface area contributed by atoms with E-state index in [0.717, 1.165) is 24.0 Å². The van der Waals surface area contributed by atoms with E-state index in [-0.39, 0.29) is 22.2 Å². The third-order valence-corrected chi connectivity index (χ3v) is 5.13. The van der Waals surface area contributed by atoms with Gasteiger partial charge in [-0.15, -0.1) is 0 Å². The molecule has 1 aliphatic heterocycles. The number of alkyl halides is 3. The van der Waals surface area contributed by atoms with E-state index in [0.29, 0.717) is 0 Å². The fraction of sp³-hybridized carbons (Fsp3) is 0.571. The van der Waals surface area contributed by atoms with Gasteiger partial charge in [0.25, 0.3) is 0 Å². The molecule has 1 unspecified atom stereocenters. The van der Waals surface area contributed by atoms with E-state index in [1.165, 1.54) is 12.1 Å². The van der Waals surface area contributed by atoms with Gasteiger partial charge < -0.3 is 5.32 Å². The van der Waals surface area contributed by atoms with E-state index < -0.39 is 11.7 Å². The summed E-state index contributed by atoms with van der Waals surface area (Å²) in [4.78, 5) is 0. The van der Waals surface area contributed by atoms with Crippen LogP contribution in [-0.4, -0.2) is 17.5 Å². The summed E-state index contributed by atoms with van der Waals surface area (Å²) in [5.74, 6) is 1.83. The van der Waals surface area contributed by atoms with Crippen LogP contribution in [0.2, 0.25) is 5.02 Å². The molecule has 0 amide bonds. The number of rotatable bonds is 2. The van der Waals surface area contributed by atoms with Crippen LogP contribution in [-0.2, 0) is 6.18 Å². The Morgan fingerprint density at radius 1 is 1.35 bits per heavy atom. The lowest BCUT2D eigenvalue weighted by molar-refractivity contribution is -0.137. The first-order chi connectivity index (χ1) is 9.22. The molecule has 1 atom stereocenters. The van der Waals surface area contributed by atoms with Crippen LogP contribution in [0.1, 0.15) is 25.8 Å². The normalized spacial score (nSPS) is 22.6. The van der Waals surface area contributed by atoms with Crippen LogP contribution in [0, 0.1) is 5.41 Å². The summed E-state index contributed by atoms with van der Waals surface area (Å²) in [6.07, 6.45) is -3.43. The molecule has 0 spiro atoms. The number of para-hydroxylation sites is 1. The number of hydrogen-bond donors (Lipinski definition) is 1. The van der Waals surface area contributed by atoms with Gasteiger partial charge in [-0.3, -0.25) is 0 Å². The van der Waals surface area contributed by atoms with E-state index in [1.807, 2.05) is 0 Å². The highest BCUT2D eigenvalue weighted by Gasteiger charge is 2.38. The fourth-order valence-electron chi connectivity index (χ4n) is 2.25. The van der Waals surface area contributed by atoms with Gasteiger partial charge in [-0.05, 0) is 29.7 Å². The standard InChI is InChI=1S/C14H17ClF3NS/c1-13(2)6-7-20-8-11(13)19-12-9(14(16,17)18)4-3-5-10(12)15/h3-5,11,19H,6-8H2,1-2H3. The van der Waals surface area contributed by atoms with Crippen LogP contribution in [0.15, 0.2) is 18.2 Å². The summed E-state index contributed by atoms with van der Waals surface area (Å²) in [6.45, 7) is 4.16. The predicted molar refractivity (Wildman–Crippen MR) is 79.6 cm³/mol. The Hall–Kier alpha value is -0.550. The van der Waals surface area contributed by atoms with Gasteiger partial charge in [-0.25, -0.2) is 0 Å². The zero-order valence-corrected chi connectivity index (χ0v) is 12.9. The molecule has 0 aliphatic carbocycles. The lowest BCUT2D eigenvalue weighted by Crippen LogP contribution is -2.42. The van der Waals surface area contributed by atoms with Crippen LogP contribution in [0.25, 0.3) is 0 Å². The summed E-state index contributed by atoms with van der Waals surface area (Å²) >= 11 is 7.74. The number of benzene rings is 1. The first-order valence-corrected chi connectivity index (χ1v) is 7.95. The van der Waals surface area contributed by atoms with Gasteiger partial charge in [0.1, 0.15) is 0 Å². The summed E-state index contributed by atoms with van der Waals surface area (Å²) in [6, 6.07) is 3.86. The number of nitrogens with one attached hydrogen (secondary N) is 1. The molecule has 0 bridgehead atoms. The molecule has 1 fully saturated rings. The average Bonchev–Trinajstić information content (AvgIpc) is 2.32. The van der Waals surface area contributed by atoms with Crippen molar-refractivity contribution >= 4 is 29.1 Å². The van der Waals surface area contributed by atoms with Crippen LogP contribution in [0.4, 0.5) is 18.9 Å². The van der Waals surface area contributed by atoms with Gasteiger partial charge >= 0.3 is 6.18 Å². The molecule has 1 heterocycles. The highest BCUT2D eigenvalue weighted by molar-refractivity contribution is 7.99. The van der Waals surface area contributed by atoms with Crippen molar-refractivity contribution in [1.29, 1.82) is 0 Å². The molecule has 1 N–H and O–H groups in total. The van der Waals surface area contributed by atoms with Gasteiger partial charge in [-0.1, -0.05) is 31.5 Å². The first kappa shape index (κ1) is 15.8. The molecule has 1 aliphatic rings. The maximum atomic E-state index is 13.1. The molecule has 6 heteroatoms. The molecule has 1 saturated heterocycles. The summed E-state index contributed by atoms with van der Waals surface area (Å²) in [7, 11) is 0. The predicted octanol–water partition coefficient (Wildman–Crippen LogP) is 5.30. The summed E-state index contributed by atoms with van der Waals surface area (Å²) in [5, 5.41) is 3.16. The molecule has 0 radical (unpaired) electrons. The van der Waals surface area contributed by atoms with E-state index in [1.54, 1.807) is 11.8 Å². The molecule has 112 valence electrons. The molecule has 20 heavy (non-hydrogen) atoms. The van der Waals surface area contributed by atoms with Crippen molar-refractivity contribution in [1.82, 2.24) is 0 Å². The molecule has 1 nitrogen and oxygen atoms in total. The summed E-state index contributed by atoms with van der Waals surface area (Å²) < 4.78 is 39.2. The topological polar surface area (TPSA) is 12.0 Å². The molecule has 1 aromatic rings. The van der Waals surface area contributed by atoms with E-state index in [9.17, 15) is 13.2 Å². The zero-order valence-electron chi connectivity index (χ0n) is 11.4. The SMILES string of the molecule is CC1(C)CCSCC1Nc1c(Cl)cccc1C(F)(F)F. The van der Waals surface area contributed by atoms with Gasteiger partial charge in [0, 0.05) is 11.8 Å². The van der Waals surface area contributed by atoms with Gasteiger partial charge in [-0.2, -0.15) is 24.9 Å². The Kier molecular flexibility index (Phi) is 4.50. The van der Waals surface area contributed by atoms with Crippen molar-refractivity contribution in [3.05, 3.63) is 28.8 Å². The van der Waals surface area contributed by atoms with Crippen LogP contribution >= 0.6 is 23.4 Å². The second-order valence-electron chi connectivity index (χ2n) is 5.67. The Bertz CT molecular complexity index is 488. The van der Waals surface area contributed by atoms with Crippen LogP contribution < -0.4 is 5.32 Å². The lowest BCUT2D eigenvalue weighted by Gasteiger charge is -2.39. The zero-order chi connectivity index (χ0) is 15.0. The van der Waals surface area contributed by atoms with Crippen molar-refractivity contribution in [3.63, 3.8) is 0 Å². The minimum atomic E-state index is -4.40. The maximum absolute atomic E-state index is 13.1. The minimum absolute atomic E-state index is 0.00208. The second kappa shape index (κ2) is 5.68. The van der Waals surface area contributed by atoms with Crippen LogP contribution in [0.3, 0.4) is 0 Å². The van der Waals surface area contributed by atoms with E-state index in [2.05, 4.69) is 19.2 Å². The number of hydrogen-bond acceptors (Lipinski definition) is 2. The number of thioether (sulfide) groups is 1. The fourth-order valence-corrected chi connectivity index (χ4v) is 4.09. The van der Waals surface area contributed by atoms with E-state index >= 15 is 0 Å². The molecule has 0 saturated carbocycles. The third-order valence-electron chi connectivity index (χ3n) is 3.76. The van der Waals surface area contributed by atoms with Crippen molar-refractivity contribution in [2.75, 3.05) is 16.8 Å². The lowest BCUT2D eigenvalue weighted by atomic mass is 9.82. The Morgan fingerprint density at radius 2 is 2.05 bits per heavy atom. The average molecular weight is 324 g/mol. The van der Waals surface area contributed by atoms with Crippen LogP contribution in [0.5, 0.6) is 0 Å².